The summed E-state index contributed by atoms with van der Waals surface area (Å²) in [4.78, 5) is 2.33. The Balaban J connectivity index is 2.07. The van der Waals surface area contributed by atoms with Crippen molar-refractivity contribution in [2.75, 3.05) is 13.6 Å². The van der Waals surface area contributed by atoms with E-state index in [1.807, 2.05) is 12.1 Å². The second-order valence-electron chi connectivity index (χ2n) is 4.88. The van der Waals surface area contributed by atoms with Gasteiger partial charge < -0.3 is 0 Å². The quantitative estimate of drug-likeness (QED) is 0.739. The second kappa shape index (κ2) is 4.54. The van der Waals surface area contributed by atoms with Crippen LogP contribution in [0.3, 0.4) is 0 Å². The predicted octanol–water partition coefficient (Wildman–Crippen LogP) is 3.40. The molecular formula is C16H16FN. The number of fused-ring (bicyclic) bond motifs is 1. The van der Waals surface area contributed by atoms with Crippen LogP contribution in [0.2, 0.25) is 0 Å². The maximum Gasteiger partial charge on any atom is 0.123 e. The van der Waals surface area contributed by atoms with Crippen LogP contribution < -0.4 is 0 Å². The molecule has 3 rings (SSSR count). The summed E-state index contributed by atoms with van der Waals surface area (Å²) in [6.45, 7) is 1.04. The summed E-state index contributed by atoms with van der Waals surface area (Å²) in [5, 5.41) is 0. The van der Waals surface area contributed by atoms with Gasteiger partial charge in [-0.3, -0.25) is 4.90 Å². The number of rotatable bonds is 1. The molecule has 0 spiro atoms. The van der Waals surface area contributed by atoms with E-state index in [4.69, 9.17) is 0 Å². The minimum Gasteiger partial charge on any atom is -0.295 e. The molecule has 0 bridgehead atoms. The number of hydrogen-bond donors (Lipinski definition) is 0. The van der Waals surface area contributed by atoms with Crippen molar-refractivity contribution in [2.45, 2.75) is 12.5 Å². The first-order valence-corrected chi connectivity index (χ1v) is 6.29. The lowest BCUT2D eigenvalue weighted by Crippen LogP contribution is -2.32. The lowest BCUT2D eigenvalue weighted by molar-refractivity contribution is 0.264. The molecular weight excluding hydrogens is 225 g/mol. The van der Waals surface area contributed by atoms with Gasteiger partial charge in [-0.25, -0.2) is 4.39 Å². The van der Waals surface area contributed by atoms with Crippen molar-refractivity contribution >= 4 is 0 Å². The van der Waals surface area contributed by atoms with Gasteiger partial charge in [0.15, 0.2) is 0 Å². The first-order chi connectivity index (χ1) is 8.75. The Morgan fingerprint density at radius 2 is 1.78 bits per heavy atom. The van der Waals surface area contributed by atoms with Gasteiger partial charge in [0.2, 0.25) is 0 Å². The van der Waals surface area contributed by atoms with E-state index in [9.17, 15) is 4.39 Å². The third kappa shape index (κ3) is 1.93. The highest BCUT2D eigenvalue weighted by molar-refractivity contribution is 5.39. The van der Waals surface area contributed by atoms with E-state index in [2.05, 4.69) is 36.2 Å². The number of benzene rings is 2. The molecule has 2 heteroatoms. The average molecular weight is 241 g/mol. The Bertz CT molecular complexity index is 547. The number of nitrogens with zero attached hydrogens (tertiary/aromatic N) is 1. The Kier molecular flexibility index (Phi) is 2.88. The zero-order chi connectivity index (χ0) is 12.5. The Morgan fingerprint density at radius 1 is 1.06 bits per heavy atom. The standard InChI is InChI=1S/C16H16FN/c1-18-11-10-12-4-2-3-5-15(12)16(18)13-6-8-14(17)9-7-13/h2-9,16H,10-11H2,1H3/t16-/m0/s1. The topological polar surface area (TPSA) is 3.24 Å². The molecule has 0 N–H and O–H groups in total. The van der Waals surface area contributed by atoms with Gasteiger partial charge in [-0.2, -0.15) is 0 Å². The highest BCUT2D eigenvalue weighted by atomic mass is 19.1. The summed E-state index contributed by atoms with van der Waals surface area (Å²) in [7, 11) is 2.13. The molecule has 18 heavy (non-hydrogen) atoms. The maximum atomic E-state index is 13.0. The van der Waals surface area contributed by atoms with Gasteiger partial charge in [0.25, 0.3) is 0 Å². The molecule has 0 aliphatic carbocycles. The molecule has 0 radical (unpaired) electrons. The van der Waals surface area contributed by atoms with E-state index in [-0.39, 0.29) is 11.9 Å². The van der Waals surface area contributed by atoms with Crippen LogP contribution in [0.25, 0.3) is 0 Å². The number of likely N-dealkylation sites (N-methyl/N-ethyl adjacent to an activating group) is 1. The molecule has 0 unspecified atom stereocenters. The molecule has 1 aliphatic heterocycles. The van der Waals surface area contributed by atoms with Gasteiger partial charge in [-0.15, -0.1) is 0 Å². The average Bonchev–Trinajstić information content (AvgIpc) is 2.40. The largest absolute Gasteiger partial charge is 0.295 e. The fourth-order valence-electron chi connectivity index (χ4n) is 2.77. The van der Waals surface area contributed by atoms with E-state index in [1.165, 1.54) is 11.1 Å². The van der Waals surface area contributed by atoms with Crippen molar-refractivity contribution in [3.63, 3.8) is 0 Å². The van der Waals surface area contributed by atoms with Crippen LogP contribution in [0.1, 0.15) is 22.7 Å². The Morgan fingerprint density at radius 3 is 2.56 bits per heavy atom. The zero-order valence-electron chi connectivity index (χ0n) is 10.4. The fourth-order valence-corrected chi connectivity index (χ4v) is 2.77. The summed E-state index contributed by atoms with van der Waals surface area (Å²) in [6, 6.07) is 15.6. The molecule has 0 fully saturated rings. The predicted molar refractivity (Wildman–Crippen MR) is 71.0 cm³/mol. The van der Waals surface area contributed by atoms with Crippen molar-refractivity contribution in [3.05, 3.63) is 71.0 Å². The van der Waals surface area contributed by atoms with Crippen molar-refractivity contribution in [2.24, 2.45) is 0 Å². The van der Waals surface area contributed by atoms with Gasteiger partial charge >= 0.3 is 0 Å². The molecule has 0 saturated carbocycles. The highest BCUT2D eigenvalue weighted by Crippen LogP contribution is 2.33. The molecule has 0 amide bonds. The molecule has 1 aliphatic rings. The van der Waals surface area contributed by atoms with Crippen LogP contribution in [0.15, 0.2) is 48.5 Å². The smallest absolute Gasteiger partial charge is 0.123 e. The van der Waals surface area contributed by atoms with E-state index in [0.29, 0.717) is 0 Å². The van der Waals surface area contributed by atoms with Crippen LogP contribution in [-0.2, 0) is 6.42 Å². The summed E-state index contributed by atoms with van der Waals surface area (Å²) in [6.07, 6.45) is 1.09. The monoisotopic (exact) mass is 241 g/mol. The number of halogens is 1. The van der Waals surface area contributed by atoms with Crippen molar-refractivity contribution < 1.29 is 4.39 Å². The van der Waals surface area contributed by atoms with Crippen molar-refractivity contribution in [1.82, 2.24) is 4.90 Å². The molecule has 1 heterocycles. The molecule has 92 valence electrons. The first-order valence-electron chi connectivity index (χ1n) is 6.29. The van der Waals surface area contributed by atoms with E-state index >= 15 is 0 Å². The highest BCUT2D eigenvalue weighted by Gasteiger charge is 2.25. The van der Waals surface area contributed by atoms with Crippen molar-refractivity contribution in [1.29, 1.82) is 0 Å². The van der Waals surface area contributed by atoms with Crippen LogP contribution in [0.4, 0.5) is 4.39 Å². The SMILES string of the molecule is CN1CCc2ccccc2[C@@H]1c1ccc(F)cc1. The molecule has 1 atom stereocenters. The summed E-state index contributed by atoms with van der Waals surface area (Å²) >= 11 is 0. The van der Waals surface area contributed by atoms with Crippen LogP contribution in [0.5, 0.6) is 0 Å². The normalized spacial score (nSPS) is 19.6. The zero-order valence-corrected chi connectivity index (χ0v) is 10.4. The molecule has 1 nitrogen and oxygen atoms in total. The van der Waals surface area contributed by atoms with E-state index < -0.39 is 0 Å². The van der Waals surface area contributed by atoms with Gasteiger partial charge in [0.05, 0.1) is 6.04 Å². The van der Waals surface area contributed by atoms with Crippen LogP contribution >= 0.6 is 0 Å². The molecule has 2 aromatic rings. The lowest BCUT2D eigenvalue weighted by Gasteiger charge is -2.35. The summed E-state index contributed by atoms with van der Waals surface area (Å²) in [5.41, 5.74) is 3.91. The van der Waals surface area contributed by atoms with Gasteiger partial charge in [0, 0.05) is 6.54 Å². The van der Waals surface area contributed by atoms with Crippen molar-refractivity contribution in [3.8, 4) is 0 Å². The third-order valence-corrected chi connectivity index (χ3v) is 3.71. The minimum absolute atomic E-state index is 0.175. The first kappa shape index (κ1) is 11.4. The Labute approximate surface area is 107 Å². The minimum atomic E-state index is -0.175. The fraction of sp³-hybridized carbons (Fsp3) is 0.250. The lowest BCUT2D eigenvalue weighted by atomic mass is 9.89. The summed E-state index contributed by atoms with van der Waals surface area (Å²) in [5.74, 6) is -0.175. The number of hydrogen-bond acceptors (Lipinski definition) is 1. The Hall–Kier alpha value is -1.67. The second-order valence-corrected chi connectivity index (χ2v) is 4.88. The molecule has 0 saturated heterocycles. The van der Waals surface area contributed by atoms with E-state index in [1.54, 1.807) is 12.1 Å². The molecule has 2 aromatic carbocycles. The van der Waals surface area contributed by atoms with Crippen LogP contribution in [0, 0.1) is 5.82 Å². The van der Waals surface area contributed by atoms with E-state index in [0.717, 1.165) is 18.5 Å². The third-order valence-electron chi connectivity index (χ3n) is 3.71. The van der Waals surface area contributed by atoms with Gasteiger partial charge in [-0.1, -0.05) is 36.4 Å². The maximum absolute atomic E-state index is 13.0. The van der Waals surface area contributed by atoms with Gasteiger partial charge in [0.1, 0.15) is 5.82 Å². The van der Waals surface area contributed by atoms with Crippen LogP contribution in [-0.4, -0.2) is 18.5 Å². The van der Waals surface area contributed by atoms with Gasteiger partial charge in [-0.05, 0) is 42.3 Å². The summed E-state index contributed by atoms with van der Waals surface area (Å²) < 4.78 is 13.0. The molecule has 0 aromatic heterocycles.